The number of esters is 1. The minimum atomic E-state index is -1.81. The summed E-state index contributed by atoms with van der Waals surface area (Å²) in [6.07, 6.45) is 1.58. The van der Waals surface area contributed by atoms with E-state index in [1.165, 1.54) is 44.1 Å². The Morgan fingerprint density at radius 2 is 1.92 bits per heavy atom. The third-order valence-corrected chi connectivity index (χ3v) is 10.3. The van der Waals surface area contributed by atoms with Gasteiger partial charge in [0.05, 0.1) is 25.3 Å². The maximum absolute atomic E-state index is 14.0. The maximum Gasteiger partial charge on any atom is 0.409 e. The molecule has 2 fully saturated rings. The SMILES string of the molecule is C=C/C=C/C(OC)C1(O)CC(C(C)C2OC2(C)C(CC(=O)N(C)c2cc(CCC)cc(OC)c2Cl)OC(=O)C(C)N(C)C(=O)CCS)OC(=O)N1. The zero-order chi connectivity index (χ0) is 38.3. The van der Waals surface area contributed by atoms with Crippen LogP contribution >= 0.6 is 24.2 Å². The molecule has 2 heterocycles. The topological polar surface area (TPSA) is 156 Å². The van der Waals surface area contributed by atoms with Crippen LogP contribution in [0.4, 0.5) is 10.5 Å². The number of carbonyl (C=O) groups excluding carboxylic acids is 4. The fourth-order valence-corrected chi connectivity index (χ4v) is 6.80. The standard InChI is InChI=1S/C36H52ClN3O10S/c1-10-12-14-27(47-9)36(45)20-26(48-34(44)38-36)21(3)32-35(5,50-32)28(49-33(43)22(4)39(6)29(41)15-16-51)19-30(42)40(7)24-17-23(13-11-2)18-25(46-8)31(24)37/h10,12,14,17-18,21-22,26-28,32,45,51H,1,11,13,15-16,19-20H2,2-9H3,(H,38,44)/b14-12+. The van der Waals surface area contributed by atoms with E-state index in [1.54, 1.807) is 33.0 Å². The van der Waals surface area contributed by atoms with Crippen LogP contribution in [0.1, 0.15) is 58.9 Å². The number of ether oxygens (including phenoxy) is 5. The van der Waals surface area contributed by atoms with Crippen LogP contribution < -0.4 is 15.0 Å². The minimum Gasteiger partial charge on any atom is -0.495 e. The molecule has 8 unspecified atom stereocenters. The van der Waals surface area contributed by atoms with Gasteiger partial charge in [-0.25, -0.2) is 9.59 Å². The number of likely N-dealkylation sites (N-methyl/N-ethyl adjacent to an activating group) is 1. The lowest BCUT2D eigenvalue weighted by atomic mass is 9.83. The largest absolute Gasteiger partial charge is 0.495 e. The smallest absolute Gasteiger partial charge is 0.409 e. The number of methoxy groups -OCH3 is 2. The predicted molar refractivity (Wildman–Crippen MR) is 196 cm³/mol. The van der Waals surface area contributed by atoms with E-state index in [2.05, 4.69) is 24.5 Å². The molecule has 0 spiro atoms. The van der Waals surface area contributed by atoms with Crippen molar-refractivity contribution in [2.45, 2.75) is 102 Å². The molecule has 0 aromatic heterocycles. The van der Waals surface area contributed by atoms with Crippen LogP contribution in [0, 0.1) is 5.92 Å². The lowest BCUT2D eigenvalue weighted by Crippen LogP contribution is -2.63. The number of aliphatic hydroxyl groups is 1. The number of cyclic esters (lactones) is 1. The molecule has 284 valence electrons. The first-order valence-corrected chi connectivity index (χ1v) is 17.9. The summed E-state index contributed by atoms with van der Waals surface area (Å²) >= 11 is 10.8. The number of hydrogen-bond acceptors (Lipinski definition) is 11. The van der Waals surface area contributed by atoms with Gasteiger partial charge in [-0.3, -0.25) is 14.9 Å². The number of anilines is 1. The third kappa shape index (κ3) is 9.78. The zero-order valence-corrected chi connectivity index (χ0v) is 32.3. The molecule has 2 saturated heterocycles. The maximum atomic E-state index is 14.0. The Bertz CT molecular complexity index is 1480. The van der Waals surface area contributed by atoms with Gasteiger partial charge in [0, 0.05) is 40.0 Å². The van der Waals surface area contributed by atoms with Crippen LogP contribution in [0.5, 0.6) is 5.75 Å². The number of nitrogens with one attached hydrogen (secondary N) is 1. The Kier molecular flexibility index (Phi) is 14.8. The van der Waals surface area contributed by atoms with E-state index in [-0.39, 0.29) is 30.2 Å². The molecular formula is C36H52ClN3O10S. The van der Waals surface area contributed by atoms with Crippen LogP contribution in [0.3, 0.4) is 0 Å². The van der Waals surface area contributed by atoms with Gasteiger partial charge in [-0.05, 0) is 43.7 Å². The van der Waals surface area contributed by atoms with Crippen LogP contribution in [0.2, 0.25) is 5.02 Å². The molecule has 0 saturated carbocycles. The number of thiol groups is 1. The second-order valence-electron chi connectivity index (χ2n) is 13.2. The van der Waals surface area contributed by atoms with Gasteiger partial charge >= 0.3 is 12.1 Å². The van der Waals surface area contributed by atoms with E-state index in [1.807, 2.05) is 19.1 Å². The first-order valence-electron chi connectivity index (χ1n) is 16.9. The van der Waals surface area contributed by atoms with E-state index in [4.69, 9.17) is 35.3 Å². The monoisotopic (exact) mass is 753 g/mol. The summed E-state index contributed by atoms with van der Waals surface area (Å²) in [5.74, 6) is -1.28. The van der Waals surface area contributed by atoms with Crippen molar-refractivity contribution in [3.8, 4) is 5.75 Å². The van der Waals surface area contributed by atoms with Crippen molar-refractivity contribution in [1.29, 1.82) is 0 Å². The van der Waals surface area contributed by atoms with Crippen molar-refractivity contribution >= 4 is 53.8 Å². The molecule has 51 heavy (non-hydrogen) atoms. The highest BCUT2D eigenvalue weighted by atomic mass is 35.5. The number of benzene rings is 1. The number of epoxide rings is 1. The first-order chi connectivity index (χ1) is 24.0. The number of alkyl carbamates (subject to hydrolysis) is 1. The van der Waals surface area contributed by atoms with Crippen LogP contribution in [-0.4, -0.2) is 110 Å². The molecule has 1 aromatic rings. The number of halogens is 1. The summed E-state index contributed by atoms with van der Waals surface area (Å²) in [5, 5.41) is 14.2. The highest BCUT2D eigenvalue weighted by Crippen LogP contribution is 2.49. The summed E-state index contributed by atoms with van der Waals surface area (Å²) in [6, 6.07) is 2.67. The average Bonchev–Trinajstić information content (AvgIpc) is 3.79. The summed E-state index contributed by atoms with van der Waals surface area (Å²) in [6.45, 7) is 10.7. The fourth-order valence-electron chi connectivity index (χ4n) is 6.30. The number of aryl methyl sites for hydroxylation is 1. The summed E-state index contributed by atoms with van der Waals surface area (Å²) in [7, 11) is 5.97. The Balaban J connectivity index is 1.93. The molecular weight excluding hydrogens is 702 g/mol. The van der Waals surface area contributed by atoms with Gasteiger partial charge in [-0.2, -0.15) is 12.6 Å². The van der Waals surface area contributed by atoms with Crippen LogP contribution in [0.15, 0.2) is 36.9 Å². The van der Waals surface area contributed by atoms with Gasteiger partial charge in [0.1, 0.15) is 40.7 Å². The van der Waals surface area contributed by atoms with E-state index >= 15 is 0 Å². The normalized spacial score (nSPS) is 25.1. The molecule has 0 radical (unpaired) electrons. The van der Waals surface area contributed by atoms with Gasteiger partial charge in [0.15, 0.2) is 5.72 Å². The van der Waals surface area contributed by atoms with Gasteiger partial charge in [-0.1, -0.05) is 56.7 Å². The van der Waals surface area contributed by atoms with E-state index < -0.39 is 65.7 Å². The Labute approximate surface area is 311 Å². The number of rotatable bonds is 18. The van der Waals surface area contributed by atoms with Crippen molar-refractivity contribution in [3.05, 3.63) is 47.5 Å². The van der Waals surface area contributed by atoms with Gasteiger partial charge in [-0.15, -0.1) is 0 Å². The van der Waals surface area contributed by atoms with Crippen molar-refractivity contribution in [2.24, 2.45) is 5.92 Å². The highest BCUT2D eigenvalue weighted by Gasteiger charge is 2.64. The van der Waals surface area contributed by atoms with Crippen molar-refractivity contribution < 1.29 is 48.0 Å². The number of carbonyl (C=O) groups is 4. The molecule has 13 nitrogen and oxygen atoms in total. The molecule has 0 aliphatic carbocycles. The molecule has 3 rings (SSSR count). The van der Waals surface area contributed by atoms with E-state index in [9.17, 15) is 24.3 Å². The van der Waals surface area contributed by atoms with Crippen molar-refractivity contribution in [2.75, 3.05) is 39.0 Å². The average molecular weight is 754 g/mol. The molecule has 0 bridgehead atoms. The molecule has 15 heteroatoms. The van der Waals surface area contributed by atoms with E-state index in [0.717, 1.165) is 18.4 Å². The second kappa shape index (κ2) is 18.0. The molecule has 3 amide bonds. The number of nitrogens with zero attached hydrogens (tertiary/aromatic N) is 2. The molecule has 2 aliphatic heterocycles. The summed E-state index contributed by atoms with van der Waals surface area (Å²) in [5.41, 5.74) is -1.68. The quantitative estimate of drug-likeness (QED) is 0.0847. The Morgan fingerprint density at radius 3 is 2.51 bits per heavy atom. The second-order valence-corrected chi connectivity index (χ2v) is 14.0. The van der Waals surface area contributed by atoms with Crippen LogP contribution in [0.25, 0.3) is 0 Å². The molecule has 2 N–H and O–H groups in total. The summed E-state index contributed by atoms with van der Waals surface area (Å²) in [4.78, 5) is 55.5. The number of allylic oxidation sites excluding steroid dienone is 2. The van der Waals surface area contributed by atoms with Gasteiger partial charge in [0.25, 0.3) is 0 Å². The first kappa shape index (κ1) is 42.1. The Hall–Kier alpha value is -3.30. The van der Waals surface area contributed by atoms with Crippen molar-refractivity contribution in [1.82, 2.24) is 10.2 Å². The van der Waals surface area contributed by atoms with Crippen molar-refractivity contribution in [3.63, 3.8) is 0 Å². The Morgan fingerprint density at radius 1 is 1.24 bits per heavy atom. The van der Waals surface area contributed by atoms with Gasteiger partial charge < -0.3 is 38.6 Å². The molecule has 1 aromatic carbocycles. The fraction of sp³-hybridized carbons (Fsp3) is 0.611. The van der Waals surface area contributed by atoms with E-state index in [0.29, 0.717) is 17.2 Å². The number of hydrogen-bond donors (Lipinski definition) is 3. The number of amides is 3. The lowest BCUT2D eigenvalue weighted by Gasteiger charge is -2.42. The van der Waals surface area contributed by atoms with Gasteiger partial charge in [0.2, 0.25) is 11.8 Å². The highest BCUT2D eigenvalue weighted by molar-refractivity contribution is 7.80. The zero-order valence-electron chi connectivity index (χ0n) is 30.6. The third-order valence-electron chi connectivity index (χ3n) is 9.66. The molecule has 2 aliphatic rings. The lowest BCUT2D eigenvalue weighted by molar-refractivity contribution is -0.161. The predicted octanol–water partition coefficient (Wildman–Crippen LogP) is 4.47. The minimum absolute atomic E-state index is 0.0640. The molecule has 8 atom stereocenters. The van der Waals surface area contributed by atoms with Crippen LogP contribution in [-0.2, 0) is 39.8 Å². The summed E-state index contributed by atoms with van der Waals surface area (Å²) < 4.78 is 28.8.